The lowest BCUT2D eigenvalue weighted by Gasteiger charge is -2.31. The van der Waals surface area contributed by atoms with Crippen LogP contribution in [0, 0.1) is 23.2 Å². The van der Waals surface area contributed by atoms with Crippen LogP contribution in [0.2, 0.25) is 0 Å². The third-order valence-corrected chi connectivity index (χ3v) is 6.59. The van der Waals surface area contributed by atoms with Gasteiger partial charge in [0.15, 0.2) is 11.2 Å². The number of pyridine rings is 1. The van der Waals surface area contributed by atoms with Gasteiger partial charge in [-0.1, -0.05) is 30.2 Å². The molecule has 1 fully saturated rings. The zero-order valence-corrected chi connectivity index (χ0v) is 20.2. The summed E-state index contributed by atoms with van der Waals surface area (Å²) in [7, 11) is 1.60. The van der Waals surface area contributed by atoms with Gasteiger partial charge in [-0.2, -0.15) is 10.2 Å². The van der Waals surface area contributed by atoms with Crippen molar-refractivity contribution in [1.29, 1.82) is 5.26 Å². The highest BCUT2D eigenvalue weighted by molar-refractivity contribution is 5.86. The molecule has 0 amide bonds. The number of nitriles is 1. The van der Waals surface area contributed by atoms with Gasteiger partial charge in [-0.25, -0.2) is 9.78 Å². The molecule has 0 bridgehead atoms. The molecule has 10 heteroatoms. The van der Waals surface area contributed by atoms with E-state index in [2.05, 4.69) is 27.8 Å². The molecule has 2 N–H and O–H groups in total. The van der Waals surface area contributed by atoms with Crippen LogP contribution in [0.4, 0.5) is 5.95 Å². The molecule has 182 valence electrons. The molecule has 4 aromatic rings. The minimum atomic E-state index is -0.505. The second-order valence-electron chi connectivity index (χ2n) is 8.97. The van der Waals surface area contributed by atoms with Crippen molar-refractivity contribution in [3.05, 3.63) is 62.6 Å². The second kappa shape index (κ2) is 9.33. The molecule has 5 rings (SSSR count). The fraction of sp³-hybridized carbons (Fsp3) is 0.346. The van der Waals surface area contributed by atoms with E-state index in [9.17, 15) is 14.9 Å². The number of nitrogens with zero attached hydrogens (tertiary/aromatic N) is 7. The predicted molar refractivity (Wildman–Crippen MR) is 138 cm³/mol. The van der Waals surface area contributed by atoms with Gasteiger partial charge in [0, 0.05) is 31.6 Å². The molecule has 0 radical (unpaired) electrons. The van der Waals surface area contributed by atoms with Crippen molar-refractivity contribution in [3.63, 3.8) is 0 Å². The first-order valence-corrected chi connectivity index (χ1v) is 11.8. The van der Waals surface area contributed by atoms with Crippen molar-refractivity contribution in [2.45, 2.75) is 38.9 Å². The Balaban J connectivity index is 1.70. The predicted octanol–water partition coefficient (Wildman–Crippen LogP) is 1.32. The molecule has 0 saturated carbocycles. The van der Waals surface area contributed by atoms with Gasteiger partial charge >= 0.3 is 5.69 Å². The number of benzene rings is 1. The highest BCUT2D eigenvalue weighted by Crippen LogP contribution is 2.23. The molecule has 0 unspecified atom stereocenters. The maximum atomic E-state index is 13.8. The first-order chi connectivity index (χ1) is 17.4. The average Bonchev–Trinajstić information content (AvgIpc) is 3.28. The number of piperidine rings is 1. The number of imidazole rings is 1. The number of rotatable bonds is 4. The van der Waals surface area contributed by atoms with Crippen LogP contribution >= 0.6 is 0 Å². The summed E-state index contributed by atoms with van der Waals surface area (Å²) in [4.78, 5) is 38.3. The fourth-order valence-electron chi connectivity index (χ4n) is 4.82. The molecule has 10 nitrogen and oxygen atoms in total. The third-order valence-electron chi connectivity index (χ3n) is 6.59. The summed E-state index contributed by atoms with van der Waals surface area (Å²) in [5.41, 5.74) is 6.53. The van der Waals surface area contributed by atoms with Gasteiger partial charge in [0.1, 0.15) is 11.8 Å². The Kier molecular flexibility index (Phi) is 6.05. The minimum absolute atomic E-state index is 0.0121. The summed E-state index contributed by atoms with van der Waals surface area (Å²) in [6.45, 7) is 3.30. The smallest absolute Gasteiger partial charge is 0.332 e. The summed E-state index contributed by atoms with van der Waals surface area (Å²) in [6.07, 6.45) is 1.85. The van der Waals surface area contributed by atoms with Crippen LogP contribution in [0.25, 0.3) is 21.9 Å². The maximum Gasteiger partial charge on any atom is 0.332 e. The molecule has 0 spiro atoms. The van der Waals surface area contributed by atoms with Crippen molar-refractivity contribution in [2.24, 2.45) is 12.8 Å². The van der Waals surface area contributed by atoms with E-state index in [1.54, 1.807) is 24.6 Å². The standard InChI is InChI=1S/C26H26N8O2/c1-3-4-12-33-22-23(30-25(33)32-11-7-9-18(28)15-32)31(2)26(36)34(24(22)35)16-19-13-17-8-5-6-10-20(17)21(14-27)29-19/h5-6,8,10,13,18H,7,9,11-12,15-16,28H2,1-2H3/t18-/m1/s1. The average molecular weight is 483 g/mol. The Hall–Kier alpha value is -4.41. The first kappa shape index (κ1) is 23.3. The molecule has 0 aliphatic carbocycles. The van der Waals surface area contributed by atoms with Crippen LogP contribution in [0.1, 0.15) is 31.2 Å². The lowest BCUT2D eigenvalue weighted by atomic mass is 10.1. The Labute approximate surface area is 207 Å². The van der Waals surface area contributed by atoms with Crippen molar-refractivity contribution in [2.75, 3.05) is 18.0 Å². The second-order valence-corrected chi connectivity index (χ2v) is 8.97. The molecule has 1 atom stereocenters. The number of nitrogens with two attached hydrogens (primary N) is 1. The van der Waals surface area contributed by atoms with Crippen LogP contribution in [0.15, 0.2) is 39.9 Å². The monoisotopic (exact) mass is 482 g/mol. The minimum Gasteiger partial charge on any atom is -0.341 e. The van der Waals surface area contributed by atoms with Gasteiger partial charge in [0.05, 0.1) is 18.8 Å². The summed E-state index contributed by atoms with van der Waals surface area (Å²) < 4.78 is 4.30. The number of aryl methyl sites for hydroxylation is 1. The van der Waals surface area contributed by atoms with Gasteiger partial charge in [0.2, 0.25) is 5.95 Å². The zero-order chi connectivity index (χ0) is 25.4. The van der Waals surface area contributed by atoms with Crippen molar-refractivity contribution in [3.8, 4) is 17.9 Å². The number of hydrogen-bond acceptors (Lipinski definition) is 7. The molecular formula is C26H26N8O2. The van der Waals surface area contributed by atoms with Crippen LogP contribution in [-0.4, -0.2) is 42.8 Å². The first-order valence-electron chi connectivity index (χ1n) is 11.8. The highest BCUT2D eigenvalue weighted by Gasteiger charge is 2.26. The molecule has 1 aliphatic heterocycles. The van der Waals surface area contributed by atoms with Crippen LogP contribution in [0.3, 0.4) is 0 Å². The van der Waals surface area contributed by atoms with Gasteiger partial charge in [-0.15, -0.1) is 5.92 Å². The Morgan fingerprint density at radius 3 is 2.75 bits per heavy atom. The van der Waals surface area contributed by atoms with Crippen molar-refractivity contribution < 1.29 is 0 Å². The molecule has 1 aromatic carbocycles. The van der Waals surface area contributed by atoms with Crippen molar-refractivity contribution in [1.82, 2.24) is 23.7 Å². The molecule has 1 saturated heterocycles. The third kappa shape index (κ3) is 3.92. The Morgan fingerprint density at radius 2 is 2.00 bits per heavy atom. The van der Waals surface area contributed by atoms with Crippen molar-refractivity contribution >= 4 is 27.9 Å². The van der Waals surface area contributed by atoms with Crippen LogP contribution < -0.4 is 21.9 Å². The van der Waals surface area contributed by atoms with E-state index < -0.39 is 11.2 Å². The van der Waals surface area contributed by atoms with Crippen LogP contribution in [-0.2, 0) is 20.1 Å². The zero-order valence-electron chi connectivity index (χ0n) is 20.2. The van der Waals surface area contributed by atoms with E-state index in [4.69, 9.17) is 10.7 Å². The maximum absolute atomic E-state index is 13.8. The van der Waals surface area contributed by atoms with E-state index in [0.717, 1.165) is 34.7 Å². The van der Waals surface area contributed by atoms with Gasteiger partial charge in [-0.3, -0.25) is 18.5 Å². The fourth-order valence-corrected chi connectivity index (χ4v) is 4.82. The Morgan fingerprint density at radius 1 is 1.19 bits per heavy atom. The summed E-state index contributed by atoms with van der Waals surface area (Å²) in [6, 6.07) is 11.3. The quantitative estimate of drug-likeness (QED) is 0.435. The number of fused-ring (bicyclic) bond motifs is 2. The van der Waals surface area contributed by atoms with E-state index in [1.807, 2.05) is 24.3 Å². The number of anilines is 1. The lowest BCUT2D eigenvalue weighted by Crippen LogP contribution is -2.44. The highest BCUT2D eigenvalue weighted by atomic mass is 16.2. The molecule has 4 heterocycles. The molecule has 36 heavy (non-hydrogen) atoms. The number of aromatic nitrogens is 5. The lowest BCUT2D eigenvalue weighted by molar-refractivity contribution is 0.496. The summed E-state index contributed by atoms with van der Waals surface area (Å²) in [5.74, 6) is 6.50. The Bertz CT molecular complexity index is 1710. The summed E-state index contributed by atoms with van der Waals surface area (Å²) >= 11 is 0. The number of hydrogen-bond donors (Lipinski definition) is 1. The molecule has 1 aliphatic rings. The van der Waals surface area contributed by atoms with Gasteiger partial charge < -0.3 is 10.6 Å². The largest absolute Gasteiger partial charge is 0.341 e. The van der Waals surface area contributed by atoms with Gasteiger partial charge in [0.25, 0.3) is 5.56 Å². The van der Waals surface area contributed by atoms with Crippen LogP contribution in [0.5, 0.6) is 0 Å². The topological polar surface area (TPSA) is 128 Å². The molecular weight excluding hydrogens is 456 g/mol. The molecule has 3 aromatic heterocycles. The van der Waals surface area contributed by atoms with E-state index in [-0.39, 0.29) is 24.8 Å². The SMILES string of the molecule is CC#CCn1c(N2CCC[C@@H](N)C2)nc2c1c(=O)n(Cc1cc3ccccc3c(C#N)n1)c(=O)n2C. The van der Waals surface area contributed by atoms with E-state index in [0.29, 0.717) is 29.4 Å². The van der Waals surface area contributed by atoms with Gasteiger partial charge in [-0.05, 0) is 31.2 Å². The van der Waals surface area contributed by atoms with E-state index in [1.165, 1.54) is 4.57 Å². The summed E-state index contributed by atoms with van der Waals surface area (Å²) in [5, 5.41) is 11.1. The normalized spacial score (nSPS) is 15.6. The van der Waals surface area contributed by atoms with E-state index >= 15 is 0 Å².